The van der Waals surface area contributed by atoms with Crippen molar-refractivity contribution >= 4 is 11.6 Å². The third kappa shape index (κ3) is 1.74. The van der Waals surface area contributed by atoms with Crippen molar-refractivity contribution in [3.8, 4) is 5.75 Å². The zero-order chi connectivity index (χ0) is 11.7. The first-order chi connectivity index (χ1) is 7.63. The molecule has 1 aromatic carbocycles. The summed E-state index contributed by atoms with van der Waals surface area (Å²) in [4.78, 5) is 13.0. The minimum absolute atomic E-state index is 0.170. The second-order valence-electron chi connectivity index (χ2n) is 3.76. The number of anilines is 1. The molecule has 0 spiro atoms. The molecule has 2 N–H and O–H groups in total. The van der Waals surface area contributed by atoms with Crippen molar-refractivity contribution < 1.29 is 13.9 Å². The van der Waals surface area contributed by atoms with Crippen molar-refractivity contribution in [2.24, 2.45) is 5.73 Å². The molecule has 1 aromatic rings. The highest BCUT2D eigenvalue weighted by Crippen LogP contribution is 2.33. The summed E-state index contributed by atoms with van der Waals surface area (Å²) in [6, 6.07) is 4.22. The first kappa shape index (κ1) is 10.9. The van der Waals surface area contributed by atoms with Gasteiger partial charge in [0.15, 0.2) is 5.82 Å². The van der Waals surface area contributed by atoms with E-state index in [9.17, 15) is 9.18 Å². The van der Waals surface area contributed by atoms with Gasteiger partial charge < -0.3 is 15.4 Å². The summed E-state index contributed by atoms with van der Waals surface area (Å²) in [5.74, 6) is -0.292. The fourth-order valence-electron chi connectivity index (χ4n) is 1.87. The van der Waals surface area contributed by atoms with Gasteiger partial charge in [-0.1, -0.05) is 6.07 Å². The smallest absolute Gasteiger partial charge is 0.228 e. The van der Waals surface area contributed by atoms with Crippen molar-refractivity contribution in [1.29, 1.82) is 0 Å². The van der Waals surface area contributed by atoms with Crippen molar-refractivity contribution in [3.05, 3.63) is 24.0 Å². The Morgan fingerprint density at radius 2 is 2.31 bits per heavy atom. The van der Waals surface area contributed by atoms with E-state index in [1.807, 2.05) is 0 Å². The number of nitrogens with zero attached hydrogens (tertiary/aromatic N) is 1. The van der Waals surface area contributed by atoms with E-state index in [2.05, 4.69) is 0 Å². The maximum Gasteiger partial charge on any atom is 0.228 e. The minimum Gasteiger partial charge on any atom is -0.494 e. The fourth-order valence-corrected chi connectivity index (χ4v) is 1.87. The summed E-state index contributed by atoms with van der Waals surface area (Å²) < 4.78 is 18.7. The van der Waals surface area contributed by atoms with Crippen LogP contribution >= 0.6 is 0 Å². The van der Waals surface area contributed by atoms with Crippen LogP contribution < -0.4 is 15.4 Å². The van der Waals surface area contributed by atoms with Gasteiger partial charge in [0, 0.05) is 19.0 Å². The van der Waals surface area contributed by atoms with E-state index in [0.29, 0.717) is 12.3 Å². The van der Waals surface area contributed by atoms with Gasteiger partial charge in [-0.05, 0) is 12.1 Å². The molecule has 1 fully saturated rings. The Balaban J connectivity index is 2.43. The van der Waals surface area contributed by atoms with Gasteiger partial charge in [0.1, 0.15) is 11.4 Å². The third-order valence-corrected chi connectivity index (χ3v) is 2.59. The van der Waals surface area contributed by atoms with Gasteiger partial charge in [-0.25, -0.2) is 4.39 Å². The molecule has 0 aliphatic carbocycles. The van der Waals surface area contributed by atoms with Crippen LogP contribution in [0.5, 0.6) is 5.75 Å². The molecular formula is C11H13FN2O2. The Morgan fingerprint density at radius 1 is 1.56 bits per heavy atom. The largest absolute Gasteiger partial charge is 0.494 e. The monoisotopic (exact) mass is 224 g/mol. The van der Waals surface area contributed by atoms with Crippen molar-refractivity contribution in [2.75, 3.05) is 18.6 Å². The van der Waals surface area contributed by atoms with E-state index in [0.717, 1.165) is 0 Å². The number of hydrogen-bond donors (Lipinski definition) is 1. The molecular weight excluding hydrogens is 211 g/mol. The van der Waals surface area contributed by atoms with Gasteiger partial charge in [-0.3, -0.25) is 4.79 Å². The number of halogens is 1. The summed E-state index contributed by atoms with van der Waals surface area (Å²) in [6.45, 7) is 0.329. The second-order valence-corrected chi connectivity index (χ2v) is 3.76. The number of benzene rings is 1. The maximum absolute atomic E-state index is 13.7. The molecule has 0 bridgehead atoms. The van der Waals surface area contributed by atoms with Crippen molar-refractivity contribution in [2.45, 2.75) is 12.5 Å². The van der Waals surface area contributed by atoms with Crippen LogP contribution in [0.2, 0.25) is 0 Å². The highest BCUT2D eigenvalue weighted by atomic mass is 19.1. The number of carbonyl (C=O) groups excluding carboxylic acids is 1. The predicted octanol–water partition coefficient (Wildman–Crippen LogP) is 0.898. The highest BCUT2D eigenvalue weighted by Gasteiger charge is 2.31. The van der Waals surface area contributed by atoms with E-state index < -0.39 is 5.82 Å². The lowest BCUT2D eigenvalue weighted by molar-refractivity contribution is -0.117. The van der Waals surface area contributed by atoms with Gasteiger partial charge in [0.2, 0.25) is 5.91 Å². The van der Waals surface area contributed by atoms with Crippen LogP contribution in [0.15, 0.2) is 18.2 Å². The summed E-state index contributed by atoms with van der Waals surface area (Å²) in [5, 5.41) is 0. The summed E-state index contributed by atoms with van der Waals surface area (Å²) >= 11 is 0. The molecule has 1 atom stereocenters. The molecule has 1 saturated heterocycles. The number of para-hydroxylation sites is 1. The van der Waals surface area contributed by atoms with Crippen LogP contribution in [0.3, 0.4) is 0 Å². The average molecular weight is 224 g/mol. The fraction of sp³-hybridized carbons (Fsp3) is 0.364. The molecule has 16 heavy (non-hydrogen) atoms. The lowest BCUT2D eigenvalue weighted by atomic mass is 10.2. The summed E-state index contributed by atoms with van der Waals surface area (Å²) in [7, 11) is 1.44. The quantitative estimate of drug-likeness (QED) is 0.812. The van der Waals surface area contributed by atoms with E-state index in [1.165, 1.54) is 24.1 Å². The molecule has 1 heterocycles. The van der Waals surface area contributed by atoms with Crippen LogP contribution in [-0.4, -0.2) is 25.6 Å². The van der Waals surface area contributed by atoms with Crippen LogP contribution in [0.1, 0.15) is 6.42 Å². The number of methoxy groups -OCH3 is 1. The molecule has 4 nitrogen and oxygen atoms in total. The minimum atomic E-state index is -0.471. The van der Waals surface area contributed by atoms with Crippen LogP contribution in [-0.2, 0) is 4.79 Å². The Bertz CT molecular complexity index is 422. The van der Waals surface area contributed by atoms with E-state index in [-0.39, 0.29) is 24.1 Å². The maximum atomic E-state index is 13.7. The third-order valence-electron chi connectivity index (χ3n) is 2.59. The molecule has 2 rings (SSSR count). The molecule has 5 heteroatoms. The summed E-state index contributed by atoms with van der Waals surface area (Å²) in [5.41, 5.74) is 5.85. The van der Waals surface area contributed by atoms with Crippen LogP contribution in [0, 0.1) is 5.82 Å². The Morgan fingerprint density at radius 3 is 2.88 bits per heavy atom. The molecule has 1 amide bonds. The molecule has 0 aromatic heterocycles. The SMILES string of the molecule is COc1cccc(F)c1N1CC(N)CC1=O. The first-order valence-corrected chi connectivity index (χ1v) is 5.02. The normalized spacial score (nSPS) is 20.3. The zero-order valence-electron chi connectivity index (χ0n) is 8.94. The first-order valence-electron chi connectivity index (χ1n) is 5.02. The highest BCUT2D eigenvalue weighted by molar-refractivity contribution is 5.97. The average Bonchev–Trinajstić information content (AvgIpc) is 2.57. The number of amides is 1. The van der Waals surface area contributed by atoms with Gasteiger partial charge >= 0.3 is 0 Å². The van der Waals surface area contributed by atoms with E-state index in [4.69, 9.17) is 10.5 Å². The molecule has 0 radical (unpaired) electrons. The summed E-state index contributed by atoms with van der Waals surface area (Å²) in [6.07, 6.45) is 0.248. The standard InChI is InChI=1S/C11H13FN2O2/c1-16-9-4-2-3-8(12)11(9)14-6-7(13)5-10(14)15/h2-4,7H,5-6,13H2,1H3. The molecule has 86 valence electrons. The zero-order valence-corrected chi connectivity index (χ0v) is 8.94. The van der Waals surface area contributed by atoms with Crippen LogP contribution in [0.25, 0.3) is 0 Å². The number of nitrogens with two attached hydrogens (primary N) is 1. The van der Waals surface area contributed by atoms with Gasteiger partial charge in [0.05, 0.1) is 7.11 Å². The molecule has 1 aliphatic rings. The van der Waals surface area contributed by atoms with Gasteiger partial charge in [-0.15, -0.1) is 0 Å². The lowest BCUT2D eigenvalue weighted by Crippen LogP contribution is -2.29. The Hall–Kier alpha value is -1.62. The van der Waals surface area contributed by atoms with Gasteiger partial charge in [0.25, 0.3) is 0 Å². The number of hydrogen-bond acceptors (Lipinski definition) is 3. The number of rotatable bonds is 2. The molecule has 1 unspecified atom stereocenters. The topological polar surface area (TPSA) is 55.6 Å². The predicted molar refractivity (Wildman–Crippen MR) is 57.9 cm³/mol. The van der Waals surface area contributed by atoms with Crippen LogP contribution in [0.4, 0.5) is 10.1 Å². The van der Waals surface area contributed by atoms with E-state index >= 15 is 0 Å². The van der Waals surface area contributed by atoms with E-state index in [1.54, 1.807) is 6.07 Å². The molecule has 1 aliphatic heterocycles. The number of ether oxygens (including phenoxy) is 1. The van der Waals surface area contributed by atoms with Gasteiger partial charge in [-0.2, -0.15) is 0 Å². The number of carbonyl (C=O) groups is 1. The Kier molecular flexibility index (Phi) is 2.78. The lowest BCUT2D eigenvalue weighted by Gasteiger charge is -2.19. The van der Waals surface area contributed by atoms with Crippen molar-refractivity contribution in [3.63, 3.8) is 0 Å². The molecule has 0 saturated carbocycles. The van der Waals surface area contributed by atoms with Crippen molar-refractivity contribution in [1.82, 2.24) is 0 Å². The Labute approximate surface area is 92.8 Å². The second kappa shape index (κ2) is 4.09.